The molecule has 3 nitrogen and oxygen atoms in total. The van der Waals surface area contributed by atoms with Crippen molar-refractivity contribution in [3.8, 4) is 0 Å². The van der Waals surface area contributed by atoms with Gasteiger partial charge in [-0.1, -0.05) is 57.2 Å². The molecule has 0 atom stereocenters. The van der Waals surface area contributed by atoms with Crippen LogP contribution in [-0.4, -0.2) is 12.5 Å². The van der Waals surface area contributed by atoms with E-state index in [0.29, 0.717) is 19.0 Å². The number of rotatable bonds is 4. The molecule has 0 bridgehead atoms. The summed E-state index contributed by atoms with van der Waals surface area (Å²) in [7, 11) is 0. The van der Waals surface area contributed by atoms with E-state index in [1.165, 1.54) is 5.56 Å². The summed E-state index contributed by atoms with van der Waals surface area (Å²) in [5, 5.41) is 3.02. The molecule has 20 heavy (non-hydrogen) atoms. The van der Waals surface area contributed by atoms with Crippen molar-refractivity contribution in [1.82, 2.24) is 5.32 Å². The zero-order chi connectivity index (χ0) is 14.5. The van der Waals surface area contributed by atoms with Crippen LogP contribution in [0.5, 0.6) is 0 Å². The van der Waals surface area contributed by atoms with Crippen molar-refractivity contribution >= 4 is 29.9 Å². The van der Waals surface area contributed by atoms with Crippen LogP contribution >= 0.6 is 24.0 Å². The Hall–Kier alpha value is -1.04. The molecule has 0 heterocycles. The lowest BCUT2D eigenvalue weighted by atomic mass is 9.87. The van der Waals surface area contributed by atoms with E-state index in [1.54, 1.807) is 0 Å². The highest BCUT2D eigenvalue weighted by atomic mass is 127. The summed E-state index contributed by atoms with van der Waals surface area (Å²) in [6.45, 7) is 13.6. The molecular formula is C16H26IN3. The number of nitrogens with one attached hydrogen (secondary N) is 1. The first-order valence-electron chi connectivity index (χ1n) is 6.56. The summed E-state index contributed by atoms with van der Waals surface area (Å²) in [6, 6.07) is 8.52. The fourth-order valence-corrected chi connectivity index (χ4v) is 1.58. The second-order valence-corrected chi connectivity index (χ2v) is 5.96. The second-order valence-electron chi connectivity index (χ2n) is 5.96. The summed E-state index contributed by atoms with van der Waals surface area (Å²) in [5.74, 6) is 0.461. The lowest BCUT2D eigenvalue weighted by molar-refractivity contribution is 0.590. The normalized spacial score (nSPS) is 11.7. The lowest BCUT2D eigenvalue weighted by Crippen LogP contribution is -2.32. The topological polar surface area (TPSA) is 50.4 Å². The molecule has 0 spiro atoms. The summed E-state index contributed by atoms with van der Waals surface area (Å²) in [6.07, 6.45) is 0. The van der Waals surface area contributed by atoms with Gasteiger partial charge >= 0.3 is 0 Å². The first kappa shape index (κ1) is 19.0. The molecule has 112 valence electrons. The molecule has 3 N–H and O–H groups in total. The van der Waals surface area contributed by atoms with Gasteiger partial charge < -0.3 is 11.1 Å². The Labute approximate surface area is 139 Å². The number of halogens is 1. The number of nitrogens with two attached hydrogens (primary N) is 1. The molecule has 1 rings (SSSR count). The first-order valence-corrected chi connectivity index (χ1v) is 6.56. The molecule has 0 saturated carbocycles. The third-order valence-electron chi connectivity index (χ3n) is 2.82. The van der Waals surface area contributed by atoms with Crippen LogP contribution in [-0.2, 0) is 12.0 Å². The molecule has 0 aliphatic heterocycles. The number of hydrogen-bond donors (Lipinski definition) is 2. The van der Waals surface area contributed by atoms with Gasteiger partial charge in [0.15, 0.2) is 5.96 Å². The van der Waals surface area contributed by atoms with Crippen molar-refractivity contribution in [3.05, 3.63) is 47.5 Å². The van der Waals surface area contributed by atoms with E-state index in [-0.39, 0.29) is 29.4 Å². The molecule has 1 aromatic carbocycles. The molecule has 0 aromatic heterocycles. The van der Waals surface area contributed by atoms with Gasteiger partial charge in [0.1, 0.15) is 0 Å². The summed E-state index contributed by atoms with van der Waals surface area (Å²) in [5.41, 5.74) is 9.47. The predicted octanol–water partition coefficient (Wildman–Crippen LogP) is 3.58. The molecule has 0 fully saturated rings. The van der Waals surface area contributed by atoms with Gasteiger partial charge in [-0.3, -0.25) is 0 Å². The van der Waals surface area contributed by atoms with Crippen LogP contribution in [0.25, 0.3) is 0 Å². The van der Waals surface area contributed by atoms with Gasteiger partial charge in [-0.15, -0.1) is 24.0 Å². The molecular weight excluding hydrogens is 361 g/mol. The number of hydrogen-bond acceptors (Lipinski definition) is 1. The van der Waals surface area contributed by atoms with Crippen molar-refractivity contribution in [1.29, 1.82) is 0 Å². The third kappa shape index (κ3) is 6.93. The molecule has 0 saturated heterocycles. The summed E-state index contributed by atoms with van der Waals surface area (Å²) in [4.78, 5) is 4.30. The van der Waals surface area contributed by atoms with E-state index in [4.69, 9.17) is 5.73 Å². The van der Waals surface area contributed by atoms with Gasteiger partial charge in [-0.05, 0) is 23.5 Å². The van der Waals surface area contributed by atoms with E-state index in [2.05, 4.69) is 61.9 Å². The van der Waals surface area contributed by atoms with Gasteiger partial charge in [0.25, 0.3) is 0 Å². The molecule has 0 unspecified atom stereocenters. The molecule has 0 amide bonds. The second kappa shape index (κ2) is 8.29. The summed E-state index contributed by atoms with van der Waals surface area (Å²) < 4.78 is 0. The highest BCUT2D eigenvalue weighted by Crippen LogP contribution is 2.22. The first-order chi connectivity index (χ1) is 8.79. The Morgan fingerprint density at radius 1 is 1.25 bits per heavy atom. The van der Waals surface area contributed by atoms with Crippen molar-refractivity contribution in [2.24, 2.45) is 10.7 Å². The molecule has 0 aliphatic rings. The highest BCUT2D eigenvalue weighted by molar-refractivity contribution is 14.0. The fourth-order valence-electron chi connectivity index (χ4n) is 1.58. The minimum absolute atomic E-state index is 0. The highest BCUT2D eigenvalue weighted by Gasteiger charge is 2.12. The molecule has 0 radical (unpaired) electrons. The summed E-state index contributed by atoms with van der Waals surface area (Å²) >= 11 is 0. The predicted molar refractivity (Wildman–Crippen MR) is 98.7 cm³/mol. The van der Waals surface area contributed by atoms with Crippen LogP contribution in [0.1, 0.15) is 38.8 Å². The van der Waals surface area contributed by atoms with Crippen LogP contribution in [0.2, 0.25) is 0 Å². The Balaban J connectivity index is 0.00000361. The van der Waals surface area contributed by atoms with Gasteiger partial charge in [0.2, 0.25) is 0 Å². The number of aliphatic imine (C=N–C) groups is 1. The number of nitrogens with zero attached hydrogens (tertiary/aromatic N) is 1. The Morgan fingerprint density at radius 3 is 2.25 bits per heavy atom. The average molecular weight is 387 g/mol. The molecule has 1 aromatic rings. The smallest absolute Gasteiger partial charge is 0.189 e. The third-order valence-corrected chi connectivity index (χ3v) is 2.82. The van der Waals surface area contributed by atoms with Crippen molar-refractivity contribution < 1.29 is 0 Å². The van der Waals surface area contributed by atoms with Crippen molar-refractivity contribution in [2.45, 2.75) is 39.7 Å². The Morgan fingerprint density at radius 2 is 1.80 bits per heavy atom. The standard InChI is InChI=1S/C16H25N3.HI/c1-12(2)10-18-15(17)19-11-13-6-8-14(9-7-13)16(3,4)5;/h6-9H,1,10-11H2,2-5H3,(H3,17,18,19);1H. The lowest BCUT2D eigenvalue weighted by Gasteiger charge is -2.18. The minimum atomic E-state index is 0. The number of benzene rings is 1. The van der Waals surface area contributed by atoms with Crippen LogP contribution in [0.3, 0.4) is 0 Å². The SMILES string of the molecule is C=C(C)CNC(N)=NCc1ccc(C(C)(C)C)cc1.I. The Kier molecular flexibility index (Phi) is 7.86. The van der Waals surface area contributed by atoms with E-state index >= 15 is 0 Å². The van der Waals surface area contributed by atoms with Crippen LogP contribution in [0, 0.1) is 0 Å². The molecule has 4 heteroatoms. The monoisotopic (exact) mass is 387 g/mol. The van der Waals surface area contributed by atoms with Crippen LogP contribution < -0.4 is 11.1 Å². The van der Waals surface area contributed by atoms with Crippen molar-refractivity contribution in [2.75, 3.05) is 6.54 Å². The van der Waals surface area contributed by atoms with E-state index in [0.717, 1.165) is 11.1 Å². The minimum Gasteiger partial charge on any atom is -0.370 e. The zero-order valence-corrected chi connectivity index (χ0v) is 15.2. The van der Waals surface area contributed by atoms with Crippen LogP contribution in [0.15, 0.2) is 41.4 Å². The van der Waals surface area contributed by atoms with Gasteiger partial charge in [-0.25, -0.2) is 4.99 Å². The van der Waals surface area contributed by atoms with Gasteiger partial charge in [-0.2, -0.15) is 0 Å². The molecule has 0 aliphatic carbocycles. The van der Waals surface area contributed by atoms with Crippen LogP contribution in [0.4, 0.5) is 0 Å². The maximum Gasteiger partial charge on any atom is 0.189 e. The number of guanidine groups is 1. The average Bonchev–Trinajstić information content (AvgIpc) is 2.33. The van der Waals surface area contributed by atoms with E-state index in [9.17, 15) is 0 Å². The van der Waals surface area contributed by atoms with Gasteiger partial charge in [0.05, 0.1) is 6.54 Å². The maximum absolute atomic E-state index is 5.77. The van der Waals surface area contributed by atoms with Gasteiger partial charge in [0, 0.05) is 6.54 Å². The zero-order valence-electron chi connectivity index (χ0n) is 12.9. The Bertz CT molecular complexity index is 456. The van der Waals surface area contributed by atoms with E-state index < -0.39 is 0 Å². The van der Waals surface area contributed by atoms with E-state index in [1.807, 2.05) is 6.92 Å². The quantitative estimate of drug-likeness (QED) is 0.359. The largest absolute Gasteiger partial charge is 0.370 e. The fraction of sp³-hybridized carbons (Fsp3) is 0.438. The maximum atomic E-state index is 5.77. The van der Waals surface area contributed by atoms with Crippen molar-refractivity contribution in [3.63, 3.8) is 0 Å².